The number of hydrogen-bond acceptors (Lipinski definition) is 2. The first-order valence-corrected chi connectivity index (χ1v) is 3.64. The van der Waals surface area contributed by atoms with Gasteiger partial charge in [0, 0.05) is 12.5 Å². The zero-order valence-electron chi connectivity index (χ0n) is 6.63. The van der Waals surface area contributed by atoms with E-state index in [9.17, 15) is 4.79 Å². The van der Waals surface area contributed by atoms with Crippen LogP contribution in [0.15, 0.2) is 12.3 Å². The highest BCUT2D eigenvalue weighted by Gasteiger charge is 1.84. The second kappa shape index (κ2) is 6.88. The molecule has 0 heterocycles. The molecule has 0 saturated heterocycles. The number of aliphatic hydroxyl groups is 1. The molecule has 0 atom stereocenters. The second-order valence-electron chi connectivity index (χ2n) is 2.09. The predicted molar refractivity (Wildman–Crippen MR) is 44.1 cm³/mol. The molecule has 2 nitrogen and oxygen atoms in total. The van der Waals surface area contributed by atoms with Crippen LogP contribution < -0.4 is 0 Å². The van der Waals surface area contributed by atoms with E-state index in [1.54, 1.807) is 0 Å². The number of allylic oxidation sites excluding steroid dienone is 1. The molecule has 0 unspecified atom stereocenters. The lowest BCUT2D eigenvalue weighted by Gasteiger charge is -1.82. The van der Waals surface area contributed by atoms with E-state index in [2.05, 4.69) is 18.8 Å². The number of hydrogen-bond donors (Lipinski definition) is 1. The van der Waals surface area contributed by atoms with Crippen LogP contribution in [0.25, 0.3) is 0 Å². The molecule has 0 bridgehead atoms. The summed E-state index contributed by atoms with van der Waals surface area (Å²) >= 11 is 0. The van der Waals surface area contributed by atoms with Crippen LogP contribution in [0.4, 0.5) is 0 Å². The van der Waals surface area contributed by atoms with Crippen molar-refractivity contribution in [2.45, 2.75) is 26.2 Å². The molecule has 60 valence electrons. The molecular weight excluding hydrogens is 140 g/mol. The fourth-order valence-electron chi connectivity index (χ4n) is 0.524. The van der Waals surface area contributed by atoms with Gasteiger partial charge in [0.15, 0.2) is 0 Å². The number of aliphatic hydroxyl groups excluding tert-OH is 1. The third-order valence-corrected chi connectivity index (χ3v) is 1.09. The Morgan fingerprint density at radius 3 is 2.91 bits per heavy atom. The maximum Gasteiger partial charge on any atom is 0.231 e. The predicted octanol–water partition coefficient (Wildman–Crippen LogP) is 1.82. The molecule has 0 spiro atoms. The van der Waals surface area contributed by atoms with Crippen LogP contribution in [0.2, 0.25) is 0 Å². The summed E-state index contributed by atoms with van der Waals surface area (Å²) in [6.45, 7) is 2.07. The fraction of sp³-hybridized carbons (Fsp3) is 0.444. The summed E-state index contributed by atoms with van der Waals surface area (Å²) in [6.07, 6.45) is 4.60. The van der Waals surface area contributed by atoms with E-state index >= 15 is 0 Å². The Morgan fingerprint density at radius 1 is 1.64 bits per heavy atom. The van der Waals surface area contributed by atoms with E-state index < -0.39 is 0 Å². The van der Waals surface area contributed by atoms with Gasteiger partial charge in [-0.2, -0.15) is 0 Å². The van der Waals surface area contributed by atoms with Crippen molar-refractivity contribution in [1.29, 1.82) is 0 Å². The quantitative estimate of drug-likeness (QED) is 0.220. The molecule has 0 aromatic carbocycles. The highest BCUT2D eigenvalue weighted by atomic mass is 16.2. The SMILES string of the molecule is CCCCC#CC(=O)/C=C\O. The number of unbranched alkanes of at least 4 members (excludes halogenated alkanes) is 2. The summed E-state index contributed by atoms with van der Waals surface area (Å²) in [6, 6.07) is 0. The fourth-order valence-corrected chi connectivity index (χ4v) is 0.524. The molecule has 0 saturated carbocycles. The van der Waals surface area contributed by atoms with Crippen LogP contribution in [0.5, 0.6) is 0 Å². The van der Waals surface area contributed by atoms with E-state index in [0.29, 0.717) is 6.26 Å². The van der Waals surface area contributed by atoms with Crippen LogP contribution in [0, 0.1) is 11.8 Å². The van der Waals surface area contributed by atoms with Crippen LogP contribution >= 0.6 is 0 Å². The van der Waals surface area contributed by atoms with Gasteiger partial charge < -0.3 is 5.11 Å². The zero-order chi connectivity index (χ0) is 8.53. The standard InChI is InChI=1S/C9H12O2/c1-2-3-4-5-6-9(11)7-8-10/h7-8,10H,2-4H2,1H3/b8-7-. The highest BCUT2D eigenvalue weighted by Crippen LogP contribution is 1.90. The molecule has 0 amide bonds. The summed E-state index contributed by atoms with van der Waals surface area (Å²) in [5.74, 6) is 4.75. The van der Waals surface area contributed by atoms with Gasteiger partial charge >= 0.3 is 0 Å². The molecule has 0 rings (SSSR count). The van der Waals surface area contributed by atoms with Crippen molar-refractivity contribution in [2.24, 2.45) is 0 Å². The van der Waals surface area contributed by atoms with Gasteiger partial charge in [0.05, 0.1) is 6.26 Å². The number of rotatable bonds is 3. The zero-order valence-corrected chi connectivity index (χ0v) is 6.63. The van der Waals surface area contributed by atoms with Crippen LogP contribution in [0.3, 0.4) is 0 Å². The molecule has 0 aromatic rings. The van der Waals surface area contributed by atoms with Crippen molar-refractivity contribution in [2.75, 3.05) is 0 Å². The largest absolute Gasteiger partial charge is 0.515 e. The molecule has 11 heavy (non-hydrogen) atoms. The van der Waals surface area contributed by atoms with E-state index in [4.69, 9.17) is 5.11 Å². The van der Waals surface area contributed by atoms with Crippen molar-refractivity contribution < 1.29 is 9.90 Å². The Hall–Kier alpha value is -1.23. The van der Waals surface area contributed by atoms with E-state index in [1.807, 2.05) is 0 Å². The molecule has 0 radical (unpaired) electrons. The van der Waals surface area contributed by atoms with Crippen molar-refractivity contribution in [1.82, 2.24) is 0 Å². The monoisotopic (exact) mass is 152 g/mol. The lowest BCUT2D eigenvalue weighted by molar-refractivity contribution is -0.109. The minimum Gasteiger partial charge on any atom is -0.515 e. The number of carbonyl (C=O) groups is 1. The molecule has 0 fully saturated rings. The van der Waals surface area contributed by atoms with Crippen LogP contribution in [0.1, 0.15) is 26.2 Å². The average molecular weight is 152 g/mol. The molecular formula is C9H12O2. The topological polar surface area (TPSA) is 37.3 Å². The molecule has 0 aliphatic heterocycles. The normalized spacial score (nSPS) is 9.18. The third kappa shape index (κ3) is 6.66. The summed E-state index contributed by atoms with van der Waals surface area (Å²) < 4.78 is 0. The number of ketones is 1. The Labute approximate surface area is 66.9 Å². The first kappa shape index (κ1) is 9.77. The first-order valence-electron chi connectivity index (χ1n) is 3.64. The van der Waals surface area contributed by atoms with Gasteiger partial charge in [-0.25, -0.2) is 0 Å². The minimum absolute atomic E-state index is 0.344. The van der Waals surface area contributed by atoms with Crippen molar-refractivity contribution >= 4 is 5.78 Å². The van der Waals surface area contributed by atoms with Crippen molar-refractivity contribution in [3.63, 3.8) is 0 Å². The van der Waals surface area contributed by atoms with E-state index in [-0.39, 0.29) is 5.78 Å². The maximum absolute atomic E-state index is 10.6. The molecule has 1 N–H and O–H groups in total. The van der Waals surface area contributed by atoms with Crippen molar-refractivity contribution in [3.05, 3.63) is 12.3 Å². The molecule has 0 aliphatic carbocycles. The van der Waals surface area contributed by atoms with Gasteiger partial charge in [-0.3, -0.25) is 4.79 Å². The number of carbonyl (C=O) groups excluding carboxylic acids is 1. The van der Waals surface area contributed by atoms with Gasteiger partial charge in [-0.1, -0.05) is 19.3 Å². The summed E-state index contributed by atoms with van der Waals surface area (Å²) in [5.41, 5.74) is 0. The van der Waals surface area contributed by atoms with Crippen LogP contribution in [-0.4, -0.2) is 10.9 Å². The lowest BCUT2D eigenvalue weighted by atomic mass is 10.2. The average Bonchev–Trinajstić information content (AvgIpc) is 1.99. The smallest absolute Gasteiger partial charge is 0.231 e. The molecule has 2 heteroatoms. The Kier molecular flexibility index (Phi) is 6.11. The van der Waals surface area contributed by atoms with Gasteiger partial charge in [-0.15, -0.1) is 0 Å². The summed E-state index contributed by atoms with van der Waals surface area (Å²) in [7, 11) is 0. The molecule has 0 aromatic heterocycles. The van der Waals surface area contributed by atoms with Gasteiger partial charge in [-0.05, 0) is 12.3 Å². The first-order chi connectivity index (χ1) is 5.31. The third-order valence-electron chi connectivity index (χ3n) is 1.09. The minimum atomic E-state index is -0.344. The Morgan fingerprint density at radius 2 is 2.36 bits per heavy atom. The highest BCUT2D eigenvalue weighted by molar-refractivity contribution is 6.03. The van der Waals surface area contributed by atoms with E-state index in [0.717, 1.165) is 25.3 Å². The van der Waals surface area contributed by atoms with Gasteiger partial charge in [0.25, 0.3) is 0 Å². The summed E-state index contributed by atoms with van der Waals surface area (Å²) in [5, 5.41) is 8.17. The molecule has 0 aliphatic rings. The Balaban J connectivity index is 3.60. The van der Waals surface area contributed by atoms with Crippen LogP contribution in [-0.2, 0) is 4.79 Å². The lowest BCUT2D eigenvalue weighted by Crippen LogP contribution is -1.84. The Bertz CT molecular complexity index is 193. The second-order valence-corrected chi connectivity index (χ2v) is 2.09. The maximum atomic E-state index is 10.6. The van der Waals surface area contributed by atoms with Gasteiger partial charge in [0.1, 0.15) is 0 Å². The van der Waals surface area contributed by atoms with Gasteiger partial charge in [0.2, 0.25) is 5.78 Å². The summed E-state index contributed by atoms with van der Waals surface area (Å²) in [4.78, 5) is 10.6. The van der Waals surface area contributed by atoms with E-state index in [1.165, 1.54) is 0 Å². The van der Waals surface area contributed by atoms with Crippen molar-refractivity contribution in [3.8, 4) is 11.8 Å².